The van der Waals surface area contributed by atoms with E-state index in [1.54, 1.807) is 19.2 Å². The standard InChI is InChI=1S/C36H42FNO6/c1-19-16-23(11-12-29(19)42-8)34(39)38-14-13-24-21(3)31(33(35(40)41)44-36(5,6)7)30(22(4)27(24)18-38)26-17-28(37)32-25(20(26)2)10-9-15-43-32/h11-12,16-17,33H,9-10,13-15,18H2,1-8H3,(H,40,41). The number of benzene rings is 3. The topological polar surface area (TPSA) is 85.3 Å². The second kappa shape index (κ2) is 11.9. The van der Waals surface area contributed by atoms with Crippen LogP contribution in [0.5, 0.6) is 11.5 Å². The molecule has 1 N–H and O–H groups in total. The number of hydrogen-bond donors (Lipinski definition) is 1. The number of carboxylic acids is 1. The van der Waals surface area contributed by atoms with Crippen molar-refractivity contribution in [2.45, 2.75) is 86.0 Å². The third kappa shape index (κ3) is 5.68. The van der Waals surface area contributed by atoms with Crippen molar-refractivity contribution in [3.05, 3.63) is 80.2 Å². The number of aliphatic carboxylic acids is 1. The molecule has 5 rings (SSSR count). The number of carbonyl (C=O) groups is 2. The Bertz CT molecular complexity index is 1650. The summed E-state index contributed by atoms with van der Waals surface area (Å²) in [5.74, 6) is -0.657. The van der Waals surface area contributed by atoms with Gasteiger partial charge in [-0.2, -0.15) is 0 Å². The lowest BCUT2D eigenvalue weighted by molar-refractivity contribution is -0.160. The predicted octanol–water partition coefficient (Wildman–Crippen LogP) is 7.20. The van der Waals surface area contributed by atoms with Crippen molar-refractivity contribution in [1.82, 2.24) is 4.90 Å². The Morgan fingerprint density at radius 1 is 1.00 bits per heavy atom. The molecule has 1 amide bonds. The summed E-state index contributed by atoms with van der Waals surface area (Å²) in [5, 5.41) is 10.5. The molecule has 1 unspecified atom stereocenters. The molecule has 0 bridgehead atoms. The van der Waals surface area contributed by atoms with Crippen molar-refractivity contribution < 1.29 is 33.3 Å². The molecule has 7 nitrogen and oxygen atoms in total. The molecule has 2 aliphatic rings. The molecule has 2 heterocycles. The van der Waals surface area contributed by atoms with Crippen LogP contribution in [0.1, 0.15) is 88.2 Å². The van der Waals surface area contributed by atoms with E-state index in [0.717, 1.165) is 51.1 Å². The Morgan fingerprint density at radius 2 is 1.73 bits per heavy atom. The molecule has 0 saturated heterocycles. The summed E-state index contributed by atoms with van der Waals surface area (Å²) in [6.45, 7) is 14.5. The number of ether oxygens (including phenoxy) is 3. The summed E-state index contributed by atoms with van der Waals surface area (Å²) >= 11 is 0. The Kier molecular flexibility index (Phi) is 8.51. The van der Waals surface area contributed by atoms with Gasteiger partial charge in [0.15, 0.2) is 17.7 Å². The Balaban J connectivity index is 1.71. The minimum absolute atomic E-state index is 0.0864. The van der Waals surface area contributed by atoms with Gasteiger partial charge in [0.25, 0.3) is 5.91 Å². The summed E-state index contributed by atoms with van der Waals surface area (Å²) in [7, 11) is 1.60. The molecule has 8 heteroatoms. The number of methoxy groups -OCH3 is 1. The van der Waals surface area contributed by atoms with Crippen LogP contribution in [0.25, 0.3) is 11.1 Å². The van der Waals surface area contributed by atoms with Gasteiger partial charge in [-0.1, -0.05) is 0 Å². The fourth-order valence-electron chi connectivity index (χ4n) is 6.77. The zero-order valence-corrected chi connectivity index (χ0v) is 26.9. The molecule has 0 saturated carbocycles. The number of halogens is 1. The molecule has 44 heavy (non-hydrogen) atoms. The molecule has 3 aromatic carbocycles. The zero-order valence-electron chi connectivity index (χ0n) is 26.9. The maximum absolute atomic E-state index is 15.6. The van der Waals surface area contributed by atoms with Crippen molar-refractivity contribution in [2.75, 3.05) is 20.3 Å². The molecule has 234 valence electrons. The van der Waals surface area contributed by atoms with Crippen LogP contribution in [-0.4, -0.2) is 47.7 Å². The summed E-state index contributed by atoms with van der Waals surface area (Å²) in [5.41, 5.74) is 7.79. The van der Waals surface area contributed by atoms with Gasteiger partial charge in [0, 0.05) is 29.8 Å². The van der Waals surface area contributed by atoms with Gasteiger partial charge in [-0.15, -0.1) is 0 Å². The largest absolute Gasteiger partial charge is 0.496 e. The molecule has 0 aromatic heterocycles. The summed E-state index contributed by atoms with van der Waals surface area (Å²) in [4.78, 5) is 28.4. The number of hydrogen-bond acceptors (Lipinski definition) is 5. The third-order valence-corrected chi connectivity index (χ3v) is 8.89. The molecule has 1 atom stereocenters. The summed E-state index contributed by atoms with van der Waals surface area (Å²) < 4.78 is 32.9. The van der Waals surface area contributed by atoms with Crippen LogP contribution < -0.4 is 9.47 Å². The SMILES string of the molecule is COc1ccc(C(=O)N2CCc3c(C)c(C(OC(C)(C)C)C(=O)O)c(-c4cc(F)c5c(c4C)CCCO5)c(C)c3C2)cc1C. The van der Waals surface area contributed by atoms with Crippen LogP contribution in [0.2, 0.25) is 0 Å². The average molecular weight is 604 g/mol. The third-order valence-electron chi connectivity index (χ3n) is 8.89. The minimum Gasteiger partial charge on any atom is -0.496 e. The van der Waals surface area contributed by atoms with Crippen LogP contribution in [-0.2, 0) is 28.9 Å². The first kappa shape index (κ1) is 31.5. The Hall–Kier alpha value is -3.91. The van der Waals surface area contributed by atoms with Gasteiger partial charge in [0.05, 0.1) is 19.3 Å². The highest BCUT2D eigenvalue weighted by atomic mass is 19.1. The van der Waals surface area contributed by atoms with E-state index in [1.165, 1.54) is 6.07 Å². The second-order valence-corrected chi connectivity index (χ2v) is 12.9. The Labute approximate surface area is 258 Å². The fraction of sp³-hybridized carbons (Fsp3) is 0.444. The number of rotatable bonds is 6. The lowest BCUT2D eigenvalue weighted by atomic mass is 9.78. The first-order chi connectivity index (χ1) is 20.7. The number of nitrogens with zero attached hydrogens (tertiary/aromatic N) is 1. The van der Waals surface area contributed by atoms with Gasteiger partial charge in [-0.05, 0) is 137 Å². The maximum atomic E-state index is 15.6. The van der Waals surface area contributed by atoms with Crippen molar-refractivity contribution in [3.8, 4) is 22.6 Å². The van der Waals surface area contributed by atoms with Gasteiger partial charge < -0.3 is 24.2 Å². The molecule has 0 aliphatic carbocycles. The maximum Gasteiger partial charge on any atom is 0.337 e. The monoisotopic (exact) mass is 603 g/mol. The fourth-order valence-corrected chi connectivity index (χ4v) is 6.77. The van der Waals surface area contributed by atoms with E-state index in [9.17, 15) is 14.7 Å². The minimum atomic E-state index is -1.27. The lowest BCUT2D eigenvalue weighted by Gasteiger charge is -2.36. The normalized spacial score (nSPS) is 15.2. The van der Waals surface area contributed by atoms with Crippen LogP contribution >= 0.6 is 0 Å². The molecule has 2 aliphatic heterocycles. The smallest absolute Gasteiger partial charge is 0.337 e. The lowest BCUT2D eigenvalue weighted by Crippen LogP contribution is -2.37. The van der Waals surface area contributed by atoms with E-state index in [0.29, 0.717) is 54.8 Å². The molecular formula is C36H42FNO6. The van der Waals surface area contributed by atoms with E-state index >= 15 is 4.39 Å². The molecule has 3 aromatic rings. The van der Waals surface area contributed by atoms with Crippen molar-refractivity contribution in [3.63, 3.8) is 0 Å². The van der Waals surface area contributed by atoms with Crippen molar-refractivity contribution in [2.24, 2.45) is 0 Å². The molecule has 0 radical (unpaired) electrons. The van der Waals surface area contributed by atoms with Gasteiger partial charge in [0.2, 0.25) is 0 Å². The number of carbonyl (C=O) groups excluding carboxylic acids is 1. The van der Waals surface area contributed by atoms with Crippen LogP contribution in [0.4, 0.5) is 4.39 Å². The van der Waals surface area contributed by atoms with Gasteiger partial charge in [0.1, 0.15) is 5.75 Å². The zero-order chi connectivity index (χ0) is 32.1. The molecular weight excluding hydrogens is 561 g/mol. The number of aryl methyl sites for hydroxylation is 1. The van der Waals surface area contributed by atoms with Gasteiger partial charge in [-0.3, -0.25) is 4.79 Å². The first-order valence-electron chi connectivity index (χ1n) is 15.2. The van der Waals surface area contributed by atoms with Crippen molar-refractivity contribution in [1.29, 1.82) is 0 Å². The van der Waals surface area contributed by atoms with E-state index in [1.807, 2.05) is 59.4 Å². The van der Waals surface area contributed by atoms with Crippen LogP contribution in [0.15, 0.2) is 24.3 Å². The quantitative estimate of drug-likeness (QED) is 0.321. The average Bonchev–Trinajstić information content (AvgIpc) is 2.98. The number of carboxylic acid groups (broad SMARTS) is 1. The van der Waals surface area contributed by atoms with E-state index in [4.69, 9.17) is 14.2 Å². The highest BCUT2D eigenvalue weighted by Crippen LogP contribution is 2.46. The van der Waals surface area contributed by atoms with E-state index in [-0.39, 0.29) is 11.7 Å². The molecule has 0 spiro atoms. The first-order valence-corrected chi connectivity index (χ1v) is 15.2. The Morgan fingerprint density at radius 3 is 2.36 bits per heavy atom. The van der Waals surface area contributed by atoms with E-state index in [2.05, 4.69) is 0 Å². The van der Waals surface area contributed by atoms with Gasteiger partial charge >= 0.3 is 5.97 Å². The second-order valence-electron chi connectivity index (χ2n) is 12.9. The van der Waals surface area contributed by atoms with Crippen LogP contribution in [0.3, 0.4) is 0 Å². The van der Waals surface area contributed by atoms with Crippen LogP contribution in [0, 0.1) is 33.5 Å². The van der Waals surface area contributed by atoms with Crippen molar-refractivity contribution >= 4 is 11.9 Å². The number of fused-ring (bicyclic) bond motifs is 2. The number of amides is 1. The van der Waals surface area contributed by atoms with E-state index < -0.39 is 23.5 Å². The van der Waals surface area contributed by atoms with Gasteiger partial charge in [-0.25, -0.2) is 9.18 Å². The predicted molar refractivity (Wildman–Crippen MR) is 167 cm³/mol. The highest BCUT2D eigenvalue weighted by molar-refractivity contribution is 5.95. The summed E-state index contributed by atoms with van der Waals surface area (Å²) in [6.07, 6.45) is 0.738. The highest BCUT2D eigenvalue weighted by Gasteiger charge is 2.36. The molecule has 0 fully saturated rings. The summed E-state index contributed by atoms with van der Waals surface area (Å²) in [6, 6.07) is 6.89.